The van der Waals surface area contributed by atoms with Gasteiger partial charge in [-0.25, -0.2) is 4.79 Å². The van der Waals surface area contributed by atoms with Gasteiger partial charge in [0.1, 0.15) is 17.8 Å². The molecule has 28 heavy (non-hydrogen) atoms. The van der Waals surface area contributed by atoms with Crippen LogP contribution >= 0.6 is 0 Å². The molecule has 3 rings (SSSR count). The Labute approximate surface area is 166 Å². The summed E-state index contributed by atoms with van der Waals surface area (Å²) < 4.78 is 17.1. The molecule has 0 aromatic carbocycles. The monoisotopic (exact) mass is 390 g/mol. The number of esters is 2. The van der Waals surface area contributed by atoms with E-state index in [0.29, 0.717) is 31.3 Å². The number of aliphatic hydroxyl groups is 1. The van der Waals surface area contributed by atoms with Crippen molar-refractivity contribution in [2.45, 2.75) is 82.9 Å². The first kappa shape index (κ1) is 20.8. The minimum Gasteiger partial charge on any atom is -0.459 e. The number of carbonyl (C=O) groups is 2. The van der Waals surface area contributed by atoms with Crippen LogP contribution in [0.2, 0.25) is 0 Å². The number of allylic oxidation sites excluding steroid dienone is 2. The Hall–Kier alpha value is -1.92. The van der Waals surface area contributed by atoms with Gasteiger partial charge in [0.15, 0.2) is 0 Å². The second-order valence-corrected chi connectivity index (χ2v) is 8.64. The van der Waals surface area contributed by atoms with Gasteiger partial charge in [0.05, 0.1) is 11.7 Å². The average molecular weight is 390 g/mol. The van der Waals surface area contributed by atoms with Crippen LogP contribution in [0, 0.1) is 5.92 Å². The highest BCUT2D eigenvalue weighted by Crippen LogP contribution is 2.47. The standard InChI is InChI=1S/C22H30O6/c1-13-7-6-9-21(4,25)10-8-18-22(5,28-18)19(26-15(3)23)12-16-14(2)20(24)27-17(16)11-13/h6,9,11,16-19,25H,2,7-8,10,12H2,1,3-5H3/b9-6+,13-11+. The van der Waals surface area contributed by atoms with Crippen molar-refractivity contribution in [3.05, 3.63) is 36.0 Å². The molecule has 6 heteroatoms. The molecule has 6 nitrogen and oxygen atoms in total. The number of ether oxygens (including phenoxy) is 3. The third-order valence-corrected chi connectivity index (χ3v) is 6.02. The van der Waals surface area contributed by atoms with Crippen molar-refractivity contribution >= 4 is 11.9 Å². The van der Waals surface area contributed by atoms with Crippen LogP contribution in [0.4, 0.5) is 0 Å². The smallest absolute Gasteiger partial charge is 0.334 e. The fraction of sp³-hybridized carbons (Fsp3) is 0.636. The second kappa shape index (κ2) is 7.48. The van der Waals surface area contributed by atoms with Crippen molar-refractivity contribution < 1.29 is 28.9 Å². The van der Waals surface area contributed by atoms with Gasteiger partial charge in [-0.1, -0.05) is 24.3 Å². The number of fused-ring (bicyclic) bond motifs is 2. The molecule has 2 saturated heterocycles. The van der Waals surface area contributed by atoms with Crippen LogP contribution in [0.1, 0.15) is 53.4 Å². The zero-order valence-corrected chi connectivity index (χ0v) is 17.1. The molecule has 6 atom stereocenters. The molecule has 2 heterocycles. The second-order valence-electron chi connectivity index (χ2n) is 8.64. The van der Waals surface area contributed by atoms with Gasteiger partial charge in [-0.15, -0.1) is 0 Å². The lowest BCUT2D eigenvalue weighted by Gasteiger charge is -2.26. The van der Waals surface area contributed by atoms with Crippen LogP contribution in [0.5, 0.6) is 0 Å². The summed E-state index contributed by atoms with van der Waals surface area (Å²) in [6.45, 7) is 10.9. The lowest BCUT2D eigenvalue weighted by molar-refractivity contribution is -0.151. The molecule has 0 aromatic rings. The average Bonchev–Trinajstić information content (AvgIpc) is 3.18. The first-order chi connectivity index (χ1) is 13.0. The van der Waals surface area contributed by atoms with E-state index < -0.39 is 35.3 Å². The van der Waals surface area contributed by atoms with E-state index in [0.717, 1.165) is 5.57 Å². The summed E-state index contributed by atoms with van der Waals surface area (Å²) in [6, 6.07) is 0. The van der Waals surface area contributed by atoms with E-state index in [-0.39, 0.29) is 12.0 Å². The maximum atomic E-state index is 12.1. The van der Waals surface area contributed by atoms with Crippen LogP contribution in [0.15, 0.2) is 36.0 Å². The molecule has 0 spiro atoms. The first-order valence-electron chi connectivity index (χ1n) is 9.84. The van der Waals surface area contributed by atoms with Gasteiger partial charge in [0, 0.05) is 18.4 Å². The Balaban J connectivity index is 1.93. The highest BCUT2D eigenvalue weighted by Gasteiger charge is 2.60. The quantitative estimate of drug-likeness (QED) is 0.321. The summed E-state index contributed by atoms with van der Waals surface area (Å²) in [5, 5.41) is 10.6. The minimum atomic E-state index is -0.940. The third-order valence-electron chi connectivity index (χ3n) is 6.02. The van der Waals surface area contributed by atoms with E-state index in [1.807, 2.05) is 26.0 Å². The van der Waals surface area contributed by atoms with E-state index >= 15 is 0 Å². The normalized spacial score (nSPS) is 44.2. The molecule has 0 bridgehead atoms. The van der Waals surface area contributed by atoms with E-state index in [9.17, 15) is 14.7 Å². The van der Waals surface area contributed by atoms with Gasteiger partial charge in [0.2, 0.25) is 0 Å². The molecule has 1 N–H and O–H groups in total. The van der Waals surface area contributed by atoms with Gasteiger partial charge in [0.25, 0.3) is 0 Å². The predicted octanol–water partition coefficient (Wildman–Crippen LogP) is 3.00. The molecule has 0 aromatic heterocycles. The minimum absolute atomic E-state index is 0.123. The fourth-order valence-electron chi connectivity index (χ4n) is 4.14. The molecule has 154 valence electrons. The largest absolute Gasteiger partial charge is 0.459 e. The Bertz CT molecular complexity index is 733. The van der Waals surface area contributed by atoms with Crippen LogP contribution < -0.4 is 0 Å². The number of epoxide rings is 1. The summed E-state index contributed by atoms with van der Waals surface area (Å²) >= 11 is 0. The van der Waals surface area contributed by atoms with Crippen molar-refractivity contribution in [2.75, 3.05) is 0 Å². The van der Waals surface area contributed by atoms with Crippen LogP contribution in [0.25, 0.3) is 0 Å². The Morgan fingerprint density at radius 1 is 1.39 bits per heavy atom. The Morgan fingerprint density at radius 2 is 2.11 bits per heavy atom. The van der Waals surface area contributed by atoms with E-state index in [2.05, 4.69) is 6.58 Å². The SMILES string of the molecule is C=C1C(=O)OC2/C=C(\C)C/C=C/C(C)(O)CCC3OC3(C)C(OC(C)=O)CC12. The molecule has 3 aliphatic rings. The highest BCUT2D eigenvalue weighted by atomic mass is 16.6. The number of carbonyl (C=O) groups excluding carboxylic acids is 2. The summed E-state index contributed by atoms with van der Waals surface area (Å²) in [7, 11) is 0. The lowest BCUT2D eigenvalue weighted by Crippen LogP contribution is -2.37. The van der Waals surface area contributed by atoms with Gasteiger partial charge >= 0.3 is 11.9 Å². The molecule has 0 amide bonds. The van der Waals surface area contributed by atoms with E-state index in [1.54, 1.807) is 13.0 Å². The van der Waals surface area contributed by atoms with Gasteiger partial charge in [-0.05, 0) is 52.5 Å². The Morgan fingerprint density at radius 3 is 2.79 bits per heavy atom. The van der Waals surface area contributed by atoms with Gasteiger partial charge < -0.3 is 19.3 Å². The molecule has 6 unspecified atom stereocenters. The van der Waals surface area contributed by atoms with Crippen LogP contribution in [0.3, 0.4) is 0 Å². The molecule has 2 fully saturated rings. The number of hydrogen-bond acceptors (Lipinski definition) is 6. The van der Waals surface area contributed by atoms with Gasteiger partial charge in [-0.3, -0.25) is 4.79 Å². The van der Waals surface area contributed by atoms with Crippen molar-refractivity contribution in [3.63, 3.8) is 0 Å². The zero-order valence-electron chi connectivity index (χ0n) is 17.1. The number of rotatable bonds is 1. The third kappa shape index (κ3) is 4.39. The molecular formula is C22H30O6. The summed E-state index contributed by atoms with van der Waals surface area (Å²) in [4.78, 5) is 23.9. The van der Waals surface area contributed by atoms with Crippen molar-refractivity contribution in [2.24, 2.45) is 5.92 Å². The topological polar surface area (TPSA) is 85.4 Å². The van der Waals surface area contributed by atoms with Crippen LogP contribution in [-0.4, -0.2) is 46.6 Å². The summed E-state index contributed by atoms with van der Waals surface area (Å²) in [5.74, 6) is -1.08. The molecule has 0 radical (unpaired) electrons. The van der Waals surface area contributed by atoms with Crippen molar-refractivity contribution in [1.82, 2.24) is 0 Å². The Kier molecular flexibility index (Phi) is 5.56. The lowest BCUT2D eigenvalue weighted by atomic mass is 9.83. The van der Waals surface area contributed by atoms with Crippen LogP contribution in [-0.2, 0) is 23.8 Å². The van der Waals surface area contributed by atoms with E-state index in [4.69, 9.17) is 14.2 Å². The fourth-order valence-corrected chi connectivity index (χ4v) is 4.14. The molecule has 0 saturated carbocycles. The molecule has 1 aliphatic carbocycles. The summed E-state index contributed by atoms with van der Waals surface area (Å²) in [5.41, 5.74) is -0.162. The molecule has 2 aliphatic heterocycles. The first-order valence-corrected chi connectivity index (χ1v) is 9.84. The highest BCUT2D eigenvalue weighted by molar-refractivity contribution is 5.91. The number of hydrogen-bond donors (Lipinski definition) is 1. The maximum Gasteiger partial charge on any atom is 0.334 e. The van der Waals surface area contributed by atoms with E-state index in [1.165, 1.54) is 6.92 Å². The maximum absolute atomic E-state index is 12.1. The zero-order chi connectivity index (χ0) is 20.7. The summed E-state index contributed by atoms with van der Waals surface area (Å²) in [6.07, 6.45) is 6.80. The molecular weight excluding hydrogens is 360 g/mol. The predicted molar refractivity (Wildman–Crippen MR) is 103 cm³/mol. The van der Waals surface area contributed by atoms with Crippen molar-refractivity contribution in [3.8, 4) is 0 Å². The van der Waals surface area contributed by atoms with Crippen molar-refractivity contribution in [1.29, 1.82) is 0 Å². The van der Waals surface area contributed by atoms with Gasteiger partial charge in [-0.2, -0.15) is 0 Å².